The first kappa shape index (κ1) is 14.9. The second-order valence-electron chi connectivity index (χ2n) is 6.09. The van der Waals surface area contributed by atoms with Crippen LogP contribution in [0.15, 0.2) is 22.7 Å². The van der Waals surface area contributed by atoms with Crippen molar-refractivity contribution in [3.05, 3.63) is 28.2 Å². The summed E-state index contributed by atoms with van der Waals surface area (Å²) in [6.45, 7) is 3.71. The van der Waals surface area contributed by atoms with Crippen LogP contribution >= 0.6 is 15.9 Å². The molecule has 21 heavy (non-hydrogen) atoms. The Morgan fingerprint density at radius 1 is 1.43 bits per heavy atom. The number of amides is 1. The lowest BCUT2D eigenvalue weighted by molar-refractivity contribution is -0.124. The van der Waals surface area contributed by atoms with E-state index in [1.54, 1.807) is 6.92 Å². The topological polar surface area (TPSA) is 52.6 Å². The van der Waals surface area contributed by atoms with Gasteiger partial charge in [-0.05, 0) is 59.3 Å². The fourth-order valence-corrected chi connectivity index (χ4v) is 4.02. The molecular weight excluding hydrogens is 332 g/mol. The van der Waals surface area contributed by atoms with E-state index in [0.29, 0.717) is 18.4 Å². The largest absolute Gasteiger partial charge is 0.389 e. The number of aliphatic hydroxyl groups excluding tert-OH is 1. The first-order valence-electron chi connectivity index (χ1n) is 7.56. The van der Waals surface area contributed by atoms with Crippen LogP contribution in [0.3, 0.4) is 0 Å². The van der Waals surface area contributed by atoms with Crippen molar-refractivity contribution in [1.82, 2.24) is 5.32 Å². The third-order valence-corrected chi connectivity index (χ3v) is 5.25. The number of aliphatic hydroxyl groups is 1. The van der Waals surface area contributed by atoms with Gasteiger partial charge < -0.3 is 15.3 Å². The number of halogens is 1. The SMILES string of the molecule is CC(O)c1ccc(N2CCC3NC(=O)CCC3C2)c(Br)c1. The van der Waals surface area contributed by atoms with E-state index < -0.39 is 6.10 Å². The number of carbonyl (C=O) groups is 1. The van der Waals surface area contributed by atoms with Crippen molar-refractivity contribution in [3.8, 4) is 0 Å². The molecule has 2 fully saturated rings. The maximum Gasteiger partial charge on any atom is 0.220 e. The molecule has 0 radical (unpaired) electrons. The fourth-order valence-electron chi connectivity index (χ4n) is 3.37. The summed E-state index contributed by atoms with van der Waals surface area (Å²) in [7, 11) is 0. The fraction of sp³-hybridized carbons (Fsp3) is 0.562. The van der Waals surface area contributed by atoms with Crippen molar-refractivity contribution in [1.29, 1.82) is 0 Å². The molecule has 2 aliphatic rings. The van der Waals surface area contributed by atoms with Gasteiger partial charge in [0.25, 0.3) is 0 Å². The molecule has 1 aromatic carbocycles. The zero-order valence-corrected chi connectivity index (χ0v) is 13.8. The molecule has 0 aliphatic carbocycles. The molecule has 1 amide bonds. The van der Waals surface area contributed by atoms with Crippen LogP contribution in [0.2, 0.25) is 0 Å². The predicted molar refractivity (Wildman–Crippen MR) is 86.3 cm³/mol. The van der Waals surface area contributed by atoms with E-state index in [0.717, 1.165) is 36.0 Å². The zero-order valence-electron chi connectivity index (χ0n) is 12.2. The van der Waals surface area contributed by atoms with Crippen molar-refractivity contribution >= 4 is 27.5 Å². The van der Waals surface area contributed by atoms with Gasteiger partial charge in [0.05, 0.1) is 11.8 Å². The Kier molecular flexibility index (Phi) is 4.22. The van der Waals surface area contributed by atoms with Gasteiger partial charge in [-0.1, -0.05) is 6.07 Å². The molecule has 0 saturated carbocycles. The van der Waals surface area contributed by atoms with Crippen LogP contribution < -0.4 is 10.2 Å². The third kappa shape index (κ3) is 3.09. The summed E-state index contributed by atoms with van der Waals surface area (Å²) in [6.07, 6.45) is 2.18. The molecule has 3 rings (SSSR count). The van der Waals surface area contributed by atoms with Gasteiger partial charge in [-0.3, -0.25) is 4.79 Å². The summed E-state index contributed by atoms with van der Waals surface area (Å²) in [5, 5.41) is 12.8. The zero-order chi connectivity index (χ0) is 15.0. The number of fused-ring (bicyclic) bond motifs is 1. The summed E-state index contributed by atoms with van der Waals surface area (Å²) < 4.78 is 1.03. The smallest absolute Gasteiger partial charge is 0.220 e. The molecular formula is C16H21BrN2O2. The second-order valence-corrected chi connectivity index (χ2v) is 6.95. The molecule has 5 heteroatoms. The Morgan fingerprint density at radius 3 is 2.95 bits per heavy atom. The Morgan fingerprint density at radius 2 is 2.24 bits per heavy atom. The van der Waals surface area contributed by atoms with Crippen LogP contribution in [0, 0.1) is 5.92 Å². The Bertz CT molecular complexity index is 547. The Labute approximate surface area is 133 Å². The standard InChI is InChI=1S/C16H21BrN2O2/c1-10(20)11-2-4-15(13(17)8-11)19-7-6-14-12(9-19)3-5-16(21)18-14/h2,4,8,10,12,14,20H,3,5-7,9H2,1H3,(H,18,21). The number of carbonyl (C=O) groups excluding carboxylic acids is 1. The third-order valence-electron chi connectivity index (χ3n) is 4.62. The van der Waals surface area contributed by atoms with Crippen LogP contribution in [0.25, 0.3) is 0 Å². The average molecular weight is 353 g/mol. The Hall–Kier alpha value is -1.07. The second kappa shape index (κ2) is 5.97. The van der Waals surface area contributed by atoms with Crippen LogP contribution in [-0.4, -0.2) is 30.1 Å². The molecule has 2 heterocycles. The number of rotatable bonds is 2. The highest BCUT2D eigenvalue weighted by Gasteiger charge is 2.34. The number of hydrogen-bond acceptors (Lipinski definition) is 3. The highest BCUT2D eigenvalue weighted by Crippen LogP contribution is 2.34. The van der Waals surface area contributed by atoms with Gasteiger partial charge in [0.15, 0.2) is 0 Å². The van der Waals surface area contributed by atoms with Gasteiger partial charge in [-0.15, -0.1) is 0 Å². The summed E-state index contributed by atoms with van der Waals surface area (Å²) in [5.41, 5.74) is 2.10. The van der Waals surface area contributed by atoms with Gasteiger partial charge in [0, 0.05) is 30.0 Å². The lowest BCUT2D eigenvalue weighted by atomic mass is 9.85. The Balaban J connectivity index is 1.75. The minimum Gasteiger partial charge on any atom is -0.389 e. The van der Waals surface area contributed by atoms with E-state index in [4.69, 9.17) is 0 Å². The molecule has 2 aliphatic heterocycles. The summed E-state index contributed by atoms with van der Waals surface area (Å²) in [4.78, 5) is 13.9. The van der Waals surface area contributed by atoms with Crippen molar-refractivity contribution in [2.45, 2.75) is 38.3 Å². The maximum atomic E-state index is 11.5. The van der Waals surface area contributed by atoms with Crippen molar-refractivity contribution in [3.63, 3.8) is 0 Å². The summed E-state index contributed by atoms with van der Waals surface area (Å²) in [5.74, 6) is 0.743. The molecule has 0 aromatic heterocycles. The van der Waals surface area contributed by atoms with Gasteiger partial charge >= 0.3 is 0 Å². The van der Waals surface area contributed by atoms with Crippen molar-refractivity contribution in [2.24, 2.45) is 5.92 Å². The number of anilines is 1. The molecule has 0 spiro atoms. The molecule has 1 aromatic rings. The lowest BCUT2D eigenvalue weighted by Gasteiger charge is -2.42. The minimum absolute atomic E-state index is 0.201. The molecule has 4 nitrogen and oxygen atoms in total. The molecule has 2 N–H and O–H groups in total. The van der Waals surface area contributed by atoms with Crippen molar-refractivity contribution in [2.75, 3.05) is 18.0 Å². The van der Waals surface area contributed by atoms with Crippen molar-refractivity contribution < 1.29 is 9.90 Å². The molecule has 3 atom stereocenters. The first-order valence-corrected chi connectivity index (χ1v) is 8.35. The van der Waals surface area contributed by atoms with E-state index in [2.05, 4.69) is 32.2 Å². The number of hydrogen-bond donors (Lipinski definition) is 2. The monoisotopic (exact) mass is 352 g/mol. The van der Waals surface area contributed by atoms with E-state index in [1.807, 2.05) is 12.1 Å². The van der Waals surface area contributed by atoms with E-state index >= 15 is 0 Å². The van der Waals surface area contributed by atoms with E-state index in [-0.39, 0.29) is 5.91 Å². The normalized spacial score (nSPS) is 27.0. The van der Waals surface area contributed by atoms with E-state index in [9.17, 15) is 9.90 Å². The molecule has 0 bridgehead atoms. The number of benzene rings is 1. The van der Waals surface area contributed by atoms with Gasteiger partial charge in [0.2, 0.25) is 5.91 Å². The lowest BCUT2D eigenvalue weighted by Crippen LogP contribution is -2.54. The predicted octanol–water partition coefficient (Wildman–Crippen LogP) is 2.61. The van der Waals surface area contributed by atoms with E-state index in [1.165, 1.54) is 5.69 Å². The quantitative estimate of drug-likeness (QED) is 0.860. The number of piperidine rings is 2. The maximum absolute atomic E-state index is 11.5. The minimum atomic E-state index is -0.449. The molecule has 3 unspecified atom stereocenters. The molecule has 2 saturated heterocycles. The highest BCUT2D eigenvalue weighted by atomic mass is 79.9. The van der Waals surface area contributed by atoms with Crippen LogP contribution in [0.1, 0.15) is 37.9 Å². The molecule has 114 valence electrons. The highest BCUT2D eigenvalue weighted by molar-refractivity contribution is 9.10. The van der Waals surface area contributed by atoms with Crippen LogP contribution in [0.5, 0.6) is 0 Å². The number of nitrogens with one attached hydrogen (secondary N) is 1. The van der Waals surface area contributed by atoms with Crippen LogP contribution in [-0.2, 0) is 4.79 Å². The average Bonchev–Trinajstić information content (AvgIpc) is 2.46. The van der Waals surface area contributed by atoms with Gasteiger partial charge in [0.1, 0.15) is 0 Å². The van der Waals surface area contributed by atoms with Gasteiger partial charge in [-0.2, -0.15) is 0 Å². The first-order chi connectivity index (χ1) is 10.0. The summed E-state index contributed by atoms with van der Waals surface area (Å²) >= 11 is 3.63. The van der Waals surface area contributed by atoms with Crippen LogP contribution in [0.4, 0.5) is 5.69 Å². The summed E-state index contributed by atoms with van der Waals surface area (Å²) in [6, 6.07) is 6.40. The number of nitrogens with zero attached hydrogens (tertiary/aromatic N) is 1. The van der Waals surface area contributed by atoms with Gasteiger partial charge in [-0.25, -0.2) is 0 Å².